The lowest BCUT2D eigenvalue weighted by molar-refractivity contribution is -0.137. The van der Waals surface area contributed by atoms with Gasteiger partial charge in [-0.25, -0.2) is 4.98 Å². The molecule has 2 N–H and O–H groups in total. The van der Waals surface area contributed by atoms with Crippen LogP contribution < -0.4 is 10.6 Å². The van der Waals surface area contributed by atoms with Crippen LogP contribution in [0.2, 0.25) is 0 Å². The SMILES string of the molecule is CN=C(NCc1ccc(C(F)(F)F)cc1)NCC1CCN(Cc2nc(C)c(C)o2)CC1.I. The van der Waals surface area contributed by atoms with E-state index in [9.17, 15) is 13.2 Å². The first-order valence-electron chi connectivity index (χ1n) is 10.5. The molecule has 1 aromatic carbocycles. The summed E-state index contributed by atoms with van der Waals surface area (Å²) >= 11 is 0. The molecule has 1 fully saturated rings. The fourth-order valence-corrected chi connectivity index (χ4v) is 3.61. The summed E-state index contributed by atoms with van der Waals surface area (Å²) in [5.74, 6) is 2.84. The standard InChI is InChI=1S/C22H30F3N5O.HI/c1-15-16(2)31-20(29-15)14-30-10-8-18(9-11-30)13-28-21(26-3)27-12-17-4-6-19(7-5-17)22(23,24)25;/h4-7,18H,8-14H2,1-3H3,(H2,26,27,28);1H. The molecular weight excluding hydrogens is 534 g/mol. The molecule has 1 aromatic heterocycles. The summed E-state index contributed by atoms with van der Waals surface area (Å²) < 4.78 is 43.7. The summed E-state index contributed by atoms with van der Waals surface area (Å²) in [6.45, 7) is 7.82. The van der Waals surface area contributed by atoms with Crippen LogP contribution in [-0.2, 0) is 19.3 Å². The summed E-state index contributed by atoms with van der Waals surface area (Å²) in [7, 11) is 1.69. The van der Waals surface area contributed by atoms with Gasteiger partial charge in [0.15, 0.2) is 5.96 Å². The average molecular weight is 565 g/mol. The third kappa shape index (κ3) is 7.65. The van der Waals surface area contributed by atoms with Gasteiger partial charge in [-0.15, -0.1) is 24.0 Å². The predicted octanol–water partition coefficient (Wildman–Crippen LogP) is 4.51. The third-order valence-corrected chi connectivity index (χ3v) is 5.66. The first-order chi connectivity index (χ1) is 14.7. The average Bonchev–Trinajstić information content (AvgIpc) is 3.05. The highest BCUT2D eigenvalue weighted by Gasteiger charge is 2.29. The minimum Gasteiger partial charge on any atom is -0.444 e. The Bertz CT molecular complexity index is 855. The molecule has 6 nitrogen and oxygen atoms in total. The molecule has 0 radical (unpaired) electrons. The minimum atomic E-state index is -4.31. The number of nitrogens with one attached hydrogen (secondary N) is 2. The predicted molar refractivity (Wildman–Crippen MR) is 129 cm³/mol. The molecule has 0 atom stereocenters. The summed E-state index contributed by atoms with van der Waals surface area (Å²) in [5, 5.41) is 6.49. The second-order valence-electron chi connectivity index (χ2n) is 7.97. The maximum atomic E-state index is 12.7. The Morgan fingerprint density at radius 1 is 1.16 bits per heavy atom. The van der Waals surface area contributed by atoms with Crippen LogP contribution in [0.5, 0.6) is 0 Å². The number of halogens is 4. The van der Waals surface area contributed by atoms with Crippen molar-refractivity contribution in [2.45, 2.75) is 46.0 Å². The van der Waals surface area contributed by atoms with E-state index in [0.717, 1.165) is 74.1 Å². The minimum absolute atomic E-state index is 0. The zero-order valence-electron chi connectivity index (χ0n) is 18.6. The Hall–Kier alpha value is -1.82. The highest BCUT2D eigenvalue weighted by atomic mass is 127. The summed E-state index contributed by atoms with van der Waals surface area (Å²) in [5.41, 5.74) is 1.07. The highest BCUT2D eigenvalue weighted by Crippen LogP contribution is 2.29. The lowest BCUT2D eigenvalue weighted by Gasteiger charge is -2.31. The highest BCUT2D eigenvalue weighted by molar-refractivity contribution is 14.0. The van der Waals surface area contributed by atoms with Crippen LogP contribution in [-0.4, -0.2) is 42.5 Å². The van der Waals surface area contributed by atoms with Crippen LogP contribution >= 0.6 is 24.0 Å². The molecule has 10 heteroatoms. The quantitative estimate of drug-likeness (QED) is 0.307. The molecule has 0 saturated carbocycles. The van der Waals surface area contributed by atoms with Crippen molar-refractivity contribution in [1.82, 2.24) is 20.5 Å². The van der Waals surface area contributed by atoms with E-state index in [1.165, 1.54) is 12.1 Å². The van der Waals surface area contributed by atoms with Crippen molar-refractivity contribution < 1.29 is 17.6 Å². The number of rotatable bonds is 6. The van der Waals surface area contributed by atoms with E-state index in [0.29, 0.717) is 18.4 Å². The van der Waals surface area contributed by atoms with Crippen LogP contribution in [0, 0.1) is 19.8 Å². The Balaban J connectivity index is 0.00000363. The van der Waals surface area contributed by atoms with Crippen LogP contribution in [0.1, 0.15) is 41.3 Å². The van der Waals surface area contributed by atoms with Gasteiger partial charge in [0.1, 0.15) is 5.76 Å². The van der Waals surface area contributed by atoms with E-state index >= 15 is 0 Å². The van der Waals surface area contributed by atoms with E-state index in [2.05, 4.69) is 25.5 Å². The molecule has 0 amide bonds. The van der Waals surface area contributed by atoms with Crippen molar-refractivity contribution in [2.24, 2.45) is 10.9 Å². The lowest BCUT2D eigenvalue weighted by atomic mass is 9.97. The monoisotopic (exact) mass is 565 g/mol. The molecule has 0 unspecified atom stereocenters. The molecule has 32 heavy (non-hydrogen) atoms. The molecule has 1 aliphatic rings. The topological polar surface area (TPSA) is 65.7 Å². The molecule has 1 aliphatic heterocycles. The van der Waals surface area contributed by atoms with E-state index in [4.69, 9.17) is 4.42 Å². The van der Waals surface area contributed by atoms with Crippen LogP contribution in [0.15, 0.2) is 33.7 Å². The van der Waals surface area contributed by atoms with Gasteiger partial charge < -0.3 is 15.1 Å². The van der Waals surface area contributed by atoms with Gasteiger partial charge in [-0.1, -0.05) is 12.1 Å². The number of hydrogen-bond acceptors (Lipinski definition) is 4. The number of nitrogens with zero attached hydrogens (tertiary/aromatic N) is 3. The van der Waals surface area contributed by atoms with E-state index < -0.39 is 11.7 Å². The van der Waals surface area contributed by atoms with Gasteiger partial charge in [0.2, 0.25) is 5.89 Å². The summed E-state index contributed by atoms with van der Waals surface area (Å²) in [4.78, 5) is 11.0. The maximum Gasteiger partial charge on any atom is 0.416 e. The van der Waals surface area contributed by atoms with Crippen LogP contribution in [0.3, 0.4) is 0 Å². The molecule has 2 aromatic rings. The number of aromatic nitrogens is 1. The number of likely N-dealkylation sites (tertiary alicyclic amines) is 1. The number of aliphatic imine (C=N–C) groups is 1. The smallest absolute Gasteiger partial charge is 0.416 e. The number of guanidine groups is 1. The molecule has 0 spiro atoms. The van der Waals surface area contributed by atoms with Gasteiger partial charge in [0, 0.05) is 20.1 Å². The number of piperidine rings is 1. The summed E-state index contributed by atoms with van der Waals surface area (Å²) in [6, 6.07) is 5.16. The fourth-order valence-electron chi connectivity index (χ4n) is 3.61. The van der Waals surface area contributed by atoms with Gasteiger partial charge in [0.05, 0.1) is 17.8 Å². The van der Waals surface area contributed by atoms with Gasteiger partial charge in [-0.3, -0.25) is 9.89 Å². The number of hydrogen-bond donors (Lipinski definition) is 2. The van der Waals surface area contributed by atoms with Crippen molar-refractivity contribution in [2.75, 3.05) is 26.7 Å². The number of benzene rings is 1. The summed E-state index contributed by atoms with van der Waals surface area (Å²) in [6.07, 6.45) is -2.17. The second-order valence-corrected chi connectivity index (χ2v) is 7.97. The van der Waals surface area contributed by atoms with Crippen molar-refractivity contribution in [1.29, 1.82) is 0 Å². The first kappa shape index (κ1) is 26.4. The van der Waals surface area contributed by atoms with Crippen molar-refractivity contribution in [3.05, 3.63) is 52.7 Å². The van der Waals surface area contributed by atoms with Gasteiger partial charge in [-0.2, -0.15) is 13.2 Å². The molecule has 2 heterocycles. The Morgan fingerprint density at radius 3 is 2.34 bits per heavy atom. The van der Waals surface area contributed by atoms with E-state index in [1.54, 1.807) is 7.05 Å². The Morgan fingerprint density at radius 2 is 1.81 bits per heavy atom. The number of oxazole rings is 1. The molecule has 178 valence electrons. The Labute approximate surface area is 204 Å². The Kier molecular flexibility index (Phi) is 9.81. The number of aryl methyl sites for hydroxylation is 2. The molecule has 1 saturated heterocycles. The van der Waals surface area contributed by atoms with E-state index in [-0.39, 0.29) is 24.0 Å². The lowest BCUT2D eigenvalue weighted by Crippen LogP contribution is -2.42. The van der Waals surface area contributed by atoms with Crippen molar-refractivity contribution in [3.63, 3.8) is 0 Å². The maximum absolute atomic E-state index is 12.7. The molecule has 0 bridgehead atoms. The zero-order valence-corrected chi connectivity index (χ0v) is 21.0. The van der Waals surface area contributed by atoms with Crippen LogP contribution in [0.4, 0.5) is 13.2 Å². The van der Waals surface area contributed by atoms with Gasteiger partial charge in [-0.05, 0) is 63.4 Å². The van der Waals surface area contributed by atoms with Gasteiger partial charge in [0.25, 0.3) is 0 Å². The molecule has 0 aliphatic carbocycles. The molecular formula is C22H31F3IN5O. The first-order valence-corrected chi connectivity index (χ1v) is 10.5. The van der Waals surface area contributed by atoms with Crippen molar-refractivity contribution in [3.8, 4) is 0 Å². The van der Waals surface area contributed by atoms with Gasteiger partial charge >= 0.3 is 6.18 Å². The number of alkyl halides is 3. The third-order valence-electron chi connectivity index (χ3n) is 5.66. The van der Waals surface area contributed by atoms with Crippen molar-refractivity contribution >= 4 is 29.9 Å². The normalized spacial score (nSPS) is 16.0. The fraction of sp³-hybridized carbons (Fsp3) is 0.545. The zero-order chi connectivity index (χ0) is 22.4. The largest absolute Gasteiger partial charge is 0.444 e. The van der Waals surface area contributed by atoms with E-state index in [1.807, 2.05) is 13.8 Å². The van der Waals surface area contributed by atoms with Crippen LogP contribution in [0.25, 0.3) is 0 Å². The second kappa shape index (κ2) is 11.9. The molecule has 3 rings (SSSR count).